The lowest BCUT2D eigenvalue weighted by atomic mass is 10.0. The quantitative estimate of drug-likeness (QED) is 0.717. The maximum atomic E-state index is 13.4. The second kappa shape index (κ2) is 7.00. The molecule has 1 aliphatic rings. The fourth-order valence-corrected chi connectivity index (χ4v) is 6.05. The number of fused-ring (bicyclic) bond motifs is 1. The molecule has 6 nitrogen and oxygen atoms in total. The highest BCUT2D eigenvalue weighted by Crippen LogP contribution is 2.30. The molecule has 0 radical (unpaired) electrons. The van der Waals surface area contributed by atoms with Gasteiger partial charge in [0.2, 0.25) is 10.0 Å². The first kappa shape index (κ1) is 19.7. The second-order valence-corrected chi connectivity index (χ2v) is 9.56. The number of para-hydroxylation sites is 2. The largest absolute Gasteiger partial charge is 0.330 e. The van der Waals surface area contributed by atoms with Crippen LogP contribution in [0.5, 0.6) is 0 Å². The Bertz CT molecular complexity index is 1290. The molecule has 0 fully saturated rings. The third-order valence-corrected chi connectivity index (χ3v) is 8.06. The van der Waals surface area contributed by atoms with E-state index in [1.807, 2.05) is 64.1 Å². The van der Waals surface area contributed by atoms with Gasteiger partial charge in [-0.3, -0.25) is 4.57 Å². The number of aryl methyl sites for hydroxylation is 2. The number of aromatic amines is 1. The molecule has 152 valence electrons. The molecular weight excluding hydrogens is 386 g/mol. The van der Waals surface area contributed by atoms with Crippen molar-refractivity contribution < 1.29 is 8.42 Å². The zero-order chi connectivity index (χ0) is 20.9. The van der Waals surface area contributed by atoms with Gasteiger partial charge in [-0.1, -0.05) is 18.2 Å². The Labute approximate surface area is 170 Å². The van der Waals surface area contributed by atoms with Crippen molar-refractivity contribution in [2.24, 2.45) is 0 Å². The smallest absolute Gasteiger partial charge is 0.305 e. The van der Waals surface area contributed by atoms with Crippen LogP contribution >= 0.6 is 0 Å². The molecule has 0 aliphatic carbocycles. The van der Waals surface area contributed by atoms with Crippen molar-refractivity contribution in [2.75, 3.05) is 13.1 Å². The average Bonchev–Trinajstić information content (AvgIpc) is 3.02. The van der Waals surface area contributed by atoms with Crippen LogP contribution < -0.4 is 5.69 Å². The van der Waals surface area contributed by atoms with E-state index in [0.29, 0.717) is 17.9 Å². The van der Waals surface area contributed by atoms with Gasteiger partial charge in [0, 0.05) is 25.2 Å². The molecule has 1 N–H and O–H groups in total. The summed E-state index contributed by atoms with van der Waals surface area (Å²) >= 11 is 0. The van der Waals surface area contributed by atoms with Crippen molar-refractivity contribution in [3.8, 4) is 0 Å². The molecule has 0 saturated heterocycles. The van der Waals surface area contributed by atoms with Crippen LogP contribution in [0.15, 0.2) is 46.1 Å². The first-order chi connectivity index (χ1) is 13.7. The summed E-state index contributed by atoms with van der Waals surface area (Å²) in [4.78, 5) is 15.7. The molecule has 2 aromatic carbocycles. The minimum atomic E-state index is -3.62. The second-order valence-electron chi connectivity index (χ2n) is 7.68. The lowest BCUT2D eigenvalue weighted by molar-refractivity contribution is 0.437. The number of hydrogen-bond donors (Lipinski definition) is 1. The van der Waals surface area contributed by atoms with Crippen molar-refractivity contribution in [3.63, 3.8) is 0 Å². The molecule has 0 amide bonds. The number of nitrogens with zero attached hydrogens (tertiary/aromatic N) is 2. The molecule has 0 bridgehead atoms. The molecule has 1 aromatic heterocycles. The molecule has 2 heterocycles. The fourth-order valence-electron chi connectivity index (χ4n) is 4.10. The molecular formula is C22H25N3O3S. The highest BCUT2D eigenvalue weighted by atomic mass is 32.2. The Morgan fingerprint density at radius 3 is 2.28 bits per heavy atom. The fraction of sp³-hybridized carbons (Fsp3) is 0.318. The van der Waals surface area contributed by atoms with Crippen molar-refractivity contribution in [1.82, 2.24) is 13.9 Å². The summed E-state index contributed by atoms with van der Waals surface area (Å²) in [5, 5.41) is 0. The molecule has 0 unspecified atom stereocenters. The van der Waals surface area contributed by atoms with E-state index in [2.05, 4.69) is 4.98 Å². The van der Waals surface area contributed by atoms with Crippen LogP contribution in [0.3, 0.4) is 0 Å². The topological polar surface area (TPSA) is 75.2 Å². The summed E-state index contributed by atoms with van der Waals surface area (Å²) in [6.45, 7) is 8.20. The van der Waals surface area contributed by atoms with E-state index in [1.54, 1.807) is 4.57 Å². The van der Waals surface area contributed by atoms with Gasteiger partial charge in [-0.25, -0.2) is 13.2 Å². The van der Waals surface area contributed by atoms with E-state index in [-0.39, 0.29) is 12.2 Å². The van der Waals surface area contributed by atoms with Crippen molar-refractivity contribution in [1.29, 1.82) is 0 Å². The van der Waals surface area contributed by atoms with E-state index in [4.69, 9.17) is 0 Å². The normalized spacial score (nSPS) is 15.7. The third kappa shape index (κ3) is 3.14. The van der Waals surface area contributed by atoms with Gasteiger partial charge in [0.1, 0.15) is 0 Å². The third-order valence-electron chi connectivity index (χ3n) is 5.92. The van der Waals surface area contributed by atoms with Crippen LogP contribution in [-0.4, -0.2) is 35.4 Å². The Morgan fingerprint density at radius 2 is 1.66 bits per heavy atom. The number of sulfonamides is 1. The highest BCUT2D eigenvalue weighted by Gasteiger charge is 2.30. The SMILES string of the molecule is Cc1cc(C)c(C)c(S(=O)(=O)N2CC=C(n3c(=O)[nH]c4ccccc43)CC2)c1C. The molecule has 4 rings (SSSR count). The molecule has 7 heteroatoms. The van der Waals surface area contributed by atoms with Crippen molar-refractivity contribution in [3.05, 3.63) is 69.1 Å². The van der Waals surface area contributed by atoms with E-state index >= 15 is 0 Å². The summed E-state index contributed by atoms with van der Waals surface area (Å²) in [7, 11) is -3.62. The number of benzene rings is 2. The highest BCUT2D eigenvalue weighted by molar-refractivity contribution is 7.89. The van der Waals surface area contributed by atoms with E-state index < -0.39 is 10.0 Å². The lowest BCUT2D eigenvalue weighted by Gasteiger charge is -2.28. The number of rotatable bonds is 3. The summed E-state index contributed by atoms with van der Waals surface area (Å²) in [5.74, 6) is 0. The lowest BCUT2D eigenvalue weighted by Crippen LogP contribution is -2.37. The van der Waals surface area contributed by atoms with E-state index in [0.717, 1.165) is 39.0 Å². The first-order valence-corrected chi connectivity index (χ1v) is 11.1. The molecule has 29 heavy (non-hydrogen) atoms. The molecule has 3 aromatic rings. The first-order valence-electron chi connectivity index (χ1n) is 9.68. The number of H-pyrrole nitrogens is 1. The van der Waals surface area contributed by atoms with Gasteiger partial charge in [-0.15, -0.1) is 0 Å². The van der Waals surface area contributed by atoms with Crippen LogP contribution in [0.2, 0.25) is 0 Å². The summed E-state index contributed by atoms with van der Waals surface area (Å²) < 4.78 is 30.0. The molecule has 0 spiro atoms. The van der Waals surface area contributed by atoms with E-state index in [9.17, 15) is 13.2 Å². The van der Waals surface area contributed by atoms with Gasteiger partial charge in [0.05, 0.1) is 15.9 Å². The Kier molecular flexibility index (Phi) is 4.75. The number of imidazole rings is 1. The summed E-state index contributed by atoms with van der Waals surface area (Å²) in [6.07, 6.45) is 2.32. The summed E-state index contributed by atoms with van der Waals surface area (Å²) in [6, 6.07) is 9.54. The molecule has 0 atom stereocenters. The van der Waals surface area contributed by atoms with Gasteiger partial charge in [0.25, 0.3) is 0 Å². The van der Waals surface area contributed by atoms with Gasteiger partial charge in [0.15, 0.2) is 0 Å². The zero-order valence-corrected chi connectivity index (χ0v) is 17.9. The average molecular weight is 412 g/mol. The van der Waals surface area contributed by atoms with Gasteiger partial charge < -0.3 is 4.98 Å². The number of nitrogens with one attached hydrogen (secondary N) is 1. The summed E-state index contributed by atoms with van der Waals surface area (Å²) in [5.41, 5.74) is 5.76. The Hall–Kier alpha value is -2.64. The standard InChI is InChI=1S/C22H25N3O3S/c1-14-13-15(2)17(4)21(16(14)3)29(27,28)24-11-9-18(10-12-24)25-20-8-6-5-7-19(20)23-22(25)26/h5-9,13H,10-12H2,1-4H3,(H,23,26). The predicted octanol–water partition coefficient (Wildman–Crippen LogP) is 3.50. The Balaban J connectivity index is 1.72. The minimum absolute atomic E-state index is 0.199. The van der Waals surface area contributed by atoms with Crippen molar-refractivity contribution >= 4 is 26.8 Å². The van der Waals surface area contributed by atoms with Crippen LogP contribution in [0.25, 0.3) is 16.7 Å². The maximum Gasteiger partial charge on any atom is 0.330 e. The zero-order valence-electron chi connectivity index (χ0n) is 17.1. The van der Waals surface area contributed by atoms with Crippen LogP contribution in [0.1, 0.15) is 28.7 Å². The van der Waals surface area contributed by atoms with Gasteiger partial charge in [-0.2, -0.15) is 4.31 Å². The van der Waals surface area contributed by atoms with E-state index in [1.165, 1.54) is 4.31 Å². The Morgan fingerprint density at radius 1 is 1.00 bits per heavy atom. The minimum Gasteiger partial charge on any atom is -0.305 e. The van der Waals surface area contributed by atoms with Gasteiger partial charge >= 0.3 is 5.69 Å². The number of hydrogen-bond acceptors (Lipinski definition) is 3. The molecule has 1 aliphatic heterocycles. The maximum absolute atomic E-state index is 13.4. The van der Waals surface area contributed by atoms with Gasteiger partial charge in [-0.05, 0) is 68.2 Å². The number of aromatic nitrogens is 2. The van der Waals surface area contributed by atoms with Crippen LogP contribution in [-0.2, 0) is 10.0 Å². The molecule has 0 saturated carbocycles. The van der Waals surface area contributed by atoms with Crippen LogP contribution in [0.4, 0.5) is 0 Å². The van der Waals surface area contributed by atoms with Crippen molar-refractivity contribution in [2.45, 2.75) is 39.0 Å². The monoisotopic (exact) mass is 411 g/mol. The van der Waals surface area contributed by atoms with Crippen LogP contribution in [0, 0.1) is 27.7 Å². The predicted molar refractivity (Wildman–Crippen MR) is 116 cm³/mol.